The summed E-state index contributed by atoms with van der Waals surface area (Å²) in [4.78, 5) is 0. The highest BCUT2D eigenvalue weighted by Crippen LogP contribution is 2.16. The van der Waals surface area contributed by atoms with Crippen molar-refractivity contribution in [3.63, 3.8) is 0 Å². The summed E-state index contributed by atoms with van der Waals surface area (Å²) in [6, 6.07) is 0.758. The molecule has 0 unspecified atom stereocenters. The largest absolute Gasteiger partial charge is 0.329 e. The zero-order chi connectivity index (χ0) is 8.65. The smallest absolute Gasteiger partial charge is 0.00770 e. The molecule has 0 aromatic heterocycles. The van der Waals surface area contributed by atoms with E-state index in [1.807, 2.05) is 0 Å². The highest BCUT2D eigenvalue weighted by atomic mass is 14.9. The number of nitrogens with one attached hydrogen (secondary N) is 1. The summed E-state index contributed by atoms with van der Waals surface area (Å²) in [6.07, 6.45) is 9.84. The van der Waals surface area contributed by atoms with Gasteiger partial charge in [-0.05, 0) is 12.8 Å². The van der Waals surface area contributed by atoms with Crippen LogP contribution in [0.1, 0.15) is 44.9 Å². The Kier molecular flexibility index (Phi) is 5.37. The monoisotopic (exact) mass is 170 g/mol. The molecule has 0 radical (unpaired) electrons. The summed E-state index contributed by atoms with van der Waals surface area (Å²) in [6.45, 7) is 1.77. The Hall–Kier alpha value is -0.0800. The average Bonchev–Trinajstić information content (AvgIpc) is 2.02. The third-order valence-electron chi connectivity index (χ3n) is 2.68. The van der Waals surface area contributed by atoms with Crippen molar-refractivity contribution in [2.24, 2.45) is 5.73 Å². The van der Waals surface area contributed by atoms with Gasteiger partial charge < -0.3 is 11.1 Å². The van der Waals surface area contributed by atoms with Gasteiger partial charge in [0.05, 0.1) is 0 Å². The molecule has 0 atom stereocenters. The molecule has 12 heavy (non-hydrogen) atoms. The van der Waals surface area contributed by atoms with Crippen LogP contribution in [0, 0.1) is 0 Å². The molecule has 0 aromatic rings. The first-order chi connectivity index (χ1) is 5.93. The molecule has 0 spiro atoms. The van der Waals surface area contributed by atoms with Gasteiger partial charge >= 0.3 is 0 Å². The van der Waals surface area contributed by atoms with Gasteiger partial charge in [0.25, 0.3) is 0 Å². The van der Waals surface area contributed by atoms with E-state index in [9.17, 15) is 0 Å². The van der Waals surface area contributed by atoms with Crippen LogP contribution in [0.3, 0.4) is 0 Å². The molecule has 72 valence electrons. The number of nitrogens with two attached hydrogens (primary N) is 1. The Morgan fingerprint density at radius 3 is 2.17 bits per heavy atom. The SMILES string of the molecule is NCCNC1CCCCCCC1. The van der Waals surface area contributed by atoms with E-state index in [1.165, 1.54) is 44.9 Å². The summed E-state index contributed by atoms with van der Waals surface area (Å²) in [5.74, 6) is 0. The van der Waals surface area contributed by atoms with Gasteiger partial charge in [0.2, 0.25) is 0 Å². The molecule has 0 saturated heterocycles. The lowest BCUT2D eigenvalue weighted by Crippen LogP contribution is -2.33. The van der Waals surface area contributed by atoms with Gasteiger partial charge in [0.1, 0.15) is 0 Å². The van der Waals surface area contributed by atoms with E-state index in [4.69, 9.17) is 5.73 Å². The van der Waals surface area contributed by atoms with Gasteiger partial charge in [-0.1, -0.05) is 32.1 Å². The van der Waals surface area contributed by atoms with Crippen molar-refractivity contribution in [1.82, 2.24) is 5.32 Å². The fourth-order valence-electron chi connectivity index (χ4n) is 1.95. The van der Waals surface area contributed by atoms with Crippen LogP contribution in [0.15, 0.2) is 0 Å². The molecule has 0 amide bonds. The third-order valence-corrected chi connectivity index (χ3v) is 2.68. The molecule has 0 aromatic carbocycles. The van der Waals surface area contributed by atoms with Crippen molar-refractivity contribution in [2.45, 2.75) is 51.0 Å². The minimum atomic E-state index is 0.758. The summed E-state index contributed by atoms with van der Waals surface area (Å²) in [7, 11) is 0. The second kappa shape index (κ2) is 6.44. The first kappa shape index (κ1) is 10.0. The Morgan fingerprint density at radius 1 is 1.00 bits per heavy atom. The van der Waals surface area contributed by atoms with Gasteiger partial charge in [0, 0.05) is 19.1 Å². The lowest BCUT2D eigenvalue weighted by atomic mass is 9.97. The molecule has 3 N–H and O–H groups in total. The maximum absolute atomic E-state index is 5.45. The predicted octanol–water partition coefficient (Wildman–Crippen LogP) is 1.65. The average molecular weight is 170 g/mol. The maximum Gasteiger partial charge on any atom is 0.00770 e. The molecule has 2 nitrogen and oxygen atoms in total. The zero-order valence-corrected chi connectivity index (χ0v) is 8.02. The van der Waals surface area contributed by atoms with Crippen LogP contribution >= 0.6 is 0 Å². The fourth-order valence-corrected chi connectivity index (χ4v) is 1.95. The Morgan fingerprint density at radius 2 is 1.58 bits per heavy atom. The van der Waals surface area contributed by atoms with E-state index in [0.29, 0.717) is 0 Å². The molecule has 1 fully saturated rings. The van der Waals surface area contributed by atoms with Crippen molar-refractivity contribution in [3.8, 4) is 0 Å². The van der Waals surface area contributed by atoms with E-state index in [0.717, 1.165) is 19.1 Å². The van der Waals surface area contributed by atoms with E-state index >= 15 is 0 Å². The van der Waals surface area contributed by atoms with Gasteiger partial charge in [-0.3, -0.25) is 0 Å². The van der Waals surface area contributed by atoms with Crippen LogP contribution in [0.4, 0.5) is 0 Å². The molecule has 1 saturated carbocycles. The van der Waals surface area contributed by atoms with E-state index in [2.05, 4.69) is 5.32 Å². The van der Waals surface area contributed by atoms with Crippen LogP contribution in [0.2, 0.25) is 0 Å². The predicted molar refractivity (Wildman–Crippen MR) is 53.2 cm³/mol. The van der Waals surface area contributed by atoms with E-state index < -0.39 is 0 Å². The lowest BCUT2D eigenvalue weighted by Gasteiger charge is -2.20. The van der Waals surface area contributed by atoms with Crippen molar-refractivity contribution >= 4 is 0 Å². The maximum atomic E-state index is 5.45. The highest BCUT2D eigenvalue weighted by molar-refractivity contribution is 4.69. The van der Waals surface area contributed by atoms with Crippen LogP contribution in [0.5, 0.6) is 0 Å². The van der Waals surface area contributed by atoms with Crippen LogP contribution in [-0.2, 0) is 0 Å². The first-order valence-electron chi connectivity index (χ1n) is 5.37. The van der Waals surface area contributed by atoms with E-state index in [-0.39, 0.29) is 0 Å². The van der Waals surface area contributed by atoms with Gasteiger partial charge in [-0.25, -0.2) is 0 Å². The summed E-state index contributed by atoms with van der Waals surface area (Å²) < 4.78 is 0. The molecular formula is C10H22N2. The van der Waals surface area contributed by atoms with Crippen LogP contribution in [-0.4, -0.2) is 19.1 Å². The molecular weight excluding hydrogens is 148 g/mol. The van der Waals surface area contributed by atoms with Crippen molar-refractivity contribution in [3.05, 3.63) is 0 Å². The summed E-state index contributed by atoms with van der Waals surface area (Å²) in [5.41, 5.74) is 5.45. The molecule has 1 aliphatic carbocycles. The van der Waals surface area contributed by atoms with Gasteiger partial charge in [0.15, 0.2) is 0 Å². The normalized spacial score (nSPS) is 21.8. The Bertz CT molecular complexity index is 93.3. The zero-order valence-electron chi connectivity index (χ0n) is 8.02. The molecule has 0 heterocycles. The van der Waals surface area contributed by atoms with Crippen molar-refractivity contribution < 1.29 is 0 Å². The second-order valence-corrected chi connectivity index (χ2v) is 3.78. The van der Waals surface area contributed by atoms with Crippen molar-refractivity contribution in [1.29, 1.82) is 0 Å². The standard InChI is InChI=1S/C10H22N2/c11-8-9-12-10-6-4-2-1-3-5-7-10/h10,12H,1-9,11H2. The molecule has 1 aliphatic rings. The molecule has 1 rings (SSSR count). The first-order valence-corrected chi connectivity index (χ1v) is 5.37. The minimum absolute atomic E-state index is 0.758. The van der Waals surface area contributed by atoms with E-state index in [1.54, 1.807) is 0 Å². The summed E-state index contributed by atoms with van der Waals surface area (Å²) in [5, 5.41) is 3.51. The quantitative estimate of drug-likeness (QED) is 0.676. The number of hydrogen-bond acceptors (Lipinski definition) is 2. The Labute approximate surface area is 75.9 Å². The molecule has 2 heteroatoms. The third kappa shape index (κ3) is 4.07. The second-order valence-electron chi connectivity index (χ2n) is 3.78. The summed E-state index contributed by atoms with van der Waals surface area (Å²) >= 11 is 0. The highest BCUT2D eigenvalue weighted by Gasteiger charge is 2.09. The minimum Gasteiger partial charge on any atom is -0.329 e. The number of hydrogen-bond donors (Lipinski definition) is 2. The van der Waals surface area contributed by atoms with Crippen LogP contribution < -0.4 is 11.1 Å². The Balaban J connectivity index is 2.11. The van der Waals surface area contributed by atoms with Crippen molar-refractivity contribution in [2.75, 3.05) is 13.1 Å². The van der Waals surface area contributed by atoms with Gasteiger partial charge in [-0.2, -0.15) is 0 Å². The topological polar surface area (TPSA) is 38.0 Å². The van der Waals surface area contributed by atoms with Gasteiger partial charge in [-0.15, -0.1) is 0 Å². The fraction of sp³-hybridized carbons (Fsp3) is 1.00. The molecule has 0 bridgehead atoms. The van der Waals surface area contributed by atoms with Crippen LogP contribution in [0.25, 0.3) is 0 Å². The lowest BCUT2D eigenvalue weighted by molar-refractivity contribution is 0.393. The number of rotatable bonds is 3. The molecule has 0 aliphatic heterocycles.